The molecule has 0 saturated carbocycles. The Hall–Kier alpha value is -8.13. The van der Waals surface area contributed by atoms with Crippen molar-refractivity contribution in [2.75, 3.05) is 7.05 Å². The van der Waals surface area contributed by atoms with Crippen molar-refractivity contribution in [2.24, 2.45) is 46.8 Å². The zero-order valence-corrected chi connectivity index (χ0v) is 57.3. The number of hydrogen-bond acceptors (Lipinski definition) is 8. The quantitative estimate of drug-likeness (QED) is 0.177. The number of hydrogen-bond donors (Lipinski definition) is 4. The summed E-state index contributed by atoms with van der Waals surface area (Å²) in [6.45, 7) is 44.0. The third-order valence-corrected chi connectivity index (χ3v) is 14.0. The average molecular weight is 1400 g/mol. The van der Waals surface area contributed by atoms with Crippen LogP contribution < -0.4 is 27.0 Å². The topological polar surface area (TPSA) is 98.1 Å². The van der Waals surface area contributed by atoms with Crippen LogP contribution in [0, 0.1) is 36.5 Å². The Morgan fingerprint density at radius 1 is 0.423 bits per heavy atom. The van der Waals surface area contributed by atoms with E-state index in [0.29, 0.717) is 50.6 Å². The van der Waals surface area contributed by atoms with Crippen LogP contribution in [-0.2, 0) is 13.2 Å². The normalized spacial score (nSPS) is 15.9. The SMILES string of the molecule is C=C1C=C(C(F)(F)F)C(C(C)C)=CN1.C=C1C=C(C(F)(F)F)C(C(C)C)=CN1C.C=C1C=C(C(F)(F)F)C(C(C)C)=NN1.C=C1C=C(C(F)F)C(C(C)C)=CN1.C=C1C=C(C(F)F)C(C(C)C)=NN1.CC(C)c1cn(C)c(=O)cc1C(F)F.Cc1ccc(C(C)C)c(C(F)(F)F)c1. The summed E-state index contributed by atoms with van der Waals surface area (Å²) in [6, 6.07) is 5.49. The first-order valence-electron chi connectivity index (χ1n) is 30.2. The Balaban J connectivity index is 0.000000566. The molecule has 0 amide bonds. The summed E-state index contributed by atoms with van der Waals surface area (Å²) in [5.41, 5.74) is 6.99. The van der Waals surface area contributed by atoms with Gasteiger partial charge in [-0.05, 0) is 113 Å². The summed E-state index contributed by atoms with van der Waals surface area (Å²) < 4.78 is 227. The molecule has 9 nitrogen and oxygen atoms in total. The van der Waals surface area contributed by atoms with E-state index in [1.807, 2.05) is 41.5 Å². The molecule has 4 N–H and O–H groups in total. The van der Waals surface area contributed by atoms with Crippen LogP contribution in [0.5, 0.6) is 0 Å². The van der Waals surface area contributed by atoms with Crippen LogP contribution in [0.2, 0.25) is 0 Å². The van der Waals surface area contributed by atoms with Gasteiger partial charge in [0.2, 0.25) is 0 Å². The molecule has 27 heteroatoms. The number of hydrazone groups is 2. The van der Waals surface area contributed by atoms with Gasteiger partial charge in [0.05, 0.1) is 33.7 Å². The monoisotopic (exact) mass is 1400 g/mol. The molecule has 1 aromatic heterocycles. The zero-order chi connectivity index (χ0) is 75.5. The van der Waals surface area contributed by atoms with Gasteiger partial charge < -0.3 is 20.1 Å². The van der Waals surface area contributed by atoms with Gasteiger partial charge in [0.25, 0.3) is 24.8 Å². The molecule has 0 fully saturated rings. The molecule has 7 rings (SSSR count). The highest BCUT2D eigenvalue weighted by molar-refractivity contribution is 6.03. The summed E-state index contributed by atoms with van der Waals surface area (Å²) in [5, 5.41) is 13.0. The molecule has 2 aromatic rings. The number of alkyl halides is 18. The van der Waals surface area contributed by atoms with Gasteiger partial charge in [-0.3, -0.25) is 15.6 Å². The molecule has 0 spiro atoms. The van der Waals surface area contributed by atoms with E-state index < -0.39 is 71.8 Å². The van der Waals surface area contributed by atoms with Crippen LogP contribution in [0.25, 0.3) is 0 Å². The highest BCUT2D eigenvalue weighted by Gasteiger charge is 2.41. The number of rotatable bonds is 10. The van der Waals surface area contributed by atoms with Gasteiger partial charge in [-0.1, -0.05) is 148 Å². The van der Waals surface area contributed by atoms with E-state index in [1.165, 1.54) is 41.4 Å². The molecule has 5 aliphatic rings. The summed E-state index contributed by atoms with van der Waals surface area (Å²) in [6.07, 6.45) is -12.9. The zero-order valence-electron chi connectivity index (χ0n) is 57.3. The van der Waals surface area contributed by atoms with E-state index in [9.17, 15) is 83.8 Å². The highest BCUT2D eigenvalue weighted by atomic mass is 19.4. The second kappa shape index (κ2) is 37.0. The fourth-order valence-corrected chi connectivity index (χ4v) is 8.97. The number of aromatic nitrogens is 1. The molecule has 0 atom stereocenters. The van der Waals surface area contributed by atoms with E-state index in [4.69, 9.17) is 0 Å². The molecule has 540 valence electrons. The molecule has 0 radical (unpaired) electrons. The van der Waals surface area contributed by atoms with Gasteiger partial charge in [-0.15, -0.1) is 0 Å². The second-order valence-corrected chi connectivity index (χ2v) is 24.6. The number of nitrogens with one attached hydrogen (secondary N) is 4. The number of dihydropyridines is 2. The van der Waals surface area contributed by atoms with Crippen molar-refractivity contribution >= 4 is 11.4 Å². The smallest absolute Gasteiger partial charge is 0.362 e. The fourth-order valence-electron chi connectivity index (χ4n) is 8.97. The first-order chi connectivity index (χ1) is 44.2. The molecule has 0 bridgehead atoms. The predicted octanol–water partition coefficient (Wildman–Crippen LogP) is 20.9. The minimum Gasteiger partial charge on any atom is -0.362 e. The molecule has 5 aliphatic heterocycles. The largest absolute Gasteiger partial charge is 0.418 e. The summed E-state index contributed by atoms with van der Waals surface area (Å²) in [5.74, 6) is -0.625. The van der Waals surface area contributed by atoms with Crippen molar-refractivity contribution in [2.45, 2.75) is 160 Å². The maximum atomic E-state index is 12.7. The lowest BCUT2D eigenvalue weighted by Gasteiger charge is -2.28. The van der Waals surface area contributed by atoms with Gasteiger partial charge in [0.15, 0.2) is 0 Å². The van der Waals surface area contributed by atoms with Gasteiger partial charge >= 0.3 is 24.7 Å². The van der Waals surface area contributed by atoms with Crippen LogP contribution in [-0.4, -0.2) is 59.3 Å². The molecule has 97 heavy (non-hydrogen) atoms. The van der Waals surface area contributed by atoms with Crippen LogP contribution in [0.4, 0.5) is 79.0 Å². The molecule has 0 aliphatic carbocycles. The van der Waals surface area contributed by atoms with Crippen molar-refractivity contribution in [3.8, 4) is 0 Å². The van der Waals surface area contributed by atoms with Gasteiger partial charge in [-0.25, -0.2) is 26.3 Å². The molecular weight excluding hydrogens is 1310 g/mol. The number of benzene rings is 1. The average Bonchev–Trinajstić information content (AvgIpc) is 0.824. The molecular formula is C70H88F18N8O. The molecule has 0 unspecified atom stereocenters. The number of halogens is 18. The van der Waals surface area contributed by atoms with Crippen molar-refractivity contribution in [3.63, 3.8) is 0 Å². The molecule has 0 saturated heterocycles. The highest BCUT2D eigenvalue weighted by Crippen LogP contribution is 2.40. The van der Waals surface area contributed by atoms with Crippen LogP contribution in [0.3, 0.4) is 0 Å². The number of pyridine rings is 1. The standard InChI is InChI=1S/C11H14F3N.C11H13F3.C10H12F3N.C10H13F2NO.C10H13F2N.C9H11F3N2.C9H12F2N2/c1-7(2)9-6-15(4)8(3)5-10(9)11(12,13)14;1-7(2)9-5-4-8(3)6-10(9)11(12,13)14;1-6(2)8-5-14-7(3)4-9(8)10(11,12)13;1-6(2)8-5-13(3)9(14)4-7(8)10(11)12;1-6(2)9-5-13-7(3)4-8(9)10(11)12;1-5(2)8-7(9(10,11)12)4-6(3)13-14-8;1-5(2)8-7(9(10)11)4-6(3)12-13-8/h5-7H,3H2,1-2,4H3;4-7H,1-3H3;4-6,14H,3H2,1-2H3;4-6,10H,1-3H3;4-6,10,13H,3H2,1-2H3;4-5,13H,3H2,1-2H3;4-5,9,12H,3H2,1-2H3. The lowest BCUT2D eigenvalue weighted by molar-refractivity contribution is -0.138. The van der Waals surface area contributed by atoms with E-state index in [0.717, 1.165) is 24.3 Å². The second-order valence-electron chi connectivity index (χ2n) is 24.6. The molecule has 1 aromatic carbocycles. The van der Waals surface area contributed by atoms with E-state index in [1.54, 1.807) is 99.6 Å². The van der Waals surface area contributed by atoms with Gasteiger partial charge in [0, 0.05) is 90.2 Å². The minimum absolute atomic E-state index is 0.00852. The minimum atomic E-state index is -4.37. The van der Waals surface area contributed by atoms with Crippen LogP contribution in [0.1, 0.15) is 143 Å². The van der Waals surface area contributed by atoms with Crippen LogP contribution in [0.15, 0.2) is 200 Å². The van der Waals surface area contributed by atoms with E-state index in [-0.39, 0.29) is 80.8 Å². The summed E-state index contributed by atoms with van der Waals surface area (Å²) in [7, 11) is 3.25. The van der Waals surface area contributed by atoms with Crippen molar-refractivity contribution in [1.82, 2.24) is 31.0 Å². The lowest BCUT2D eigenvalue weighted by Crippen LogP contribution is -2.29. The first kappa shape index (κ1) is 86.9. The Kier molecular flexibility index (Phi) is 33.1. The third-order valence-electron chi connectivity index (χ3n) is 14.0. The van der Waals surface area contributed by atoms with Crippen molar-refractivity contribution in [3.05, 3.63) is 224 Å². The Bertz CT molecular complexity index is 3370. The lowest BCUT2D eigenvalue weighted by atomic mass is 9.92. The van der Waals surface area contributed by atoms with Crippen molar-refractivity contribution in [1.29, 1.82) is 0 Å². The third kappa shape index (κ3) is 27.7. The maximum absolute atomic E-state index is 12.7. The van der Waals surface area contributed by atoms with Crippen molar-refractivity contribution < 1.29 is 79.0 Å². The van der Waals surface area contributed by atoms with Gasteiger partial charge in [-0.2, -0.15) is 62.9 Å². The Morgan fingerprint density at radius 2 is 0.835 bits per heavy atom. The molecule has 6 heterocycles. The maximum Gasteiger partial charge on any atom is 0.418 e. The number of aryl methyl sites for hydroxylation is 2. The Labute approximate surface area is 556 Å². The fraction of sp³-hybridized carbons (Fsp3) is 0.443. The van der Waals surface area contributed by atoms with E-state index >= 15 is 0 Å². The summed E-state index contributed by atoms with van der Waals surface area (Å²) in [4.78, 5) is 12.8. The van der Waals surface area contributed by atoms with Crippen LogP contribution >= 0.6 is 0 Å². The van der Waals surface area contributed by atoms with E-state index in [2.05, 4.69) is 64.6 Å². The Morgan fingerprint density at radius 3 is 1.25 bits per heavy atom. The number of nitrogens with zero attached hydrogens (tertiary/aromatic N) is 4. The number of allylic oxidation sites excluding steroid dienone is 13. The summed E-state index contributed by atoms with van der Waals surface area (Å²) >= 11 is 0. The predicted molar refractivity (Wildman–Crippen MR) is 351 cm³/mol. The van der Waals surface area contributed by atoms with Gasteiger partial charge in [0.1, 0.15) is 0 Å². The first-order valence-corrected chi connectivity index (χ1v) is 30.2. The number of likely N-dealkylation sites (N-methyl/N-ethyl adjacent to an activating group) is 1.